The van der Waals surface area contributed by atoms with Crippen molar-refractivity contribution in [2.45, 2.75) is 64.5 Å². The molecule has 1 unspecified atom stereocenters. The fourth-order valence-corrected chi connectivity index (χ4v) is 2.22. The van der Waals surface area contributed by atoms with Crippen LogP contribution < -0.4 is 16.2 Å². The van der Waals surface area contributed by atoms with Gasteiger partial charge in [-0.05, 0) is 33.6 Å². The number of rotatable bonds is 10. The summed E-state index contributed by atoms with van der Waals surface area (Å²) in [4.78, 5) is 46.3. The van der Waals surface area contributed by atoms with Crippen LogP contribution in [0.25, 0.3) is 0 Å². The lowest BCUT2D eigenvalue weighted by Crippen LogP contribution is -2.43. The van der Waals surface area contributed by atoms with Gasteiger partial charge in [-0.3, -0.25) is 15.6 Å². The molecule has 0 saturated heterocycles. The number of alkyl carbamates (subject to hydrolysis) is 1. The molecule has 12 heteroatoms. The van der Waals surface area contributed by atoms with Crippen LogP contribution in [0.15, 0.2) is 10.2 Å². The normalized spacial score (nSPS) is 14.3. The van der Waals surface area contributed by atoms with Crippen molar-refractivity contribution in [2.75, 3.05) is 7.11 Å². The number of amides is 1. The number of esters is 1. The van der Waals surface area contributed by atoms with E-state index in [0.717, 1.165) is 0 Å². The van der Waals surface area contributed by atoms with Gasteiger partial charge in [0.15, 0.2) is 0 Å². The summed E-state index contributed by atoms with van der Waals surface area (Å²) in [5, 5.41) is 18.9. The SMILES string of the molecule is COC(=O)C1=NNC(C(=O)CCCCCC(NC(=O)OC(C)(C)C)C(=O)O)=NN1. The second-order valence-corrected chi connectivity index (χ2v) is 7.20. The highest BCUT2D eigenvalue weighted by atomic mass is 16.6. The van der Waals surface area contributed by atoms with Crippen LogP contribution in [0.5, 0.6) is 0 Å². The van der Waals surface area contributed by atoms with Crippen molar-refractivity contribution >= 4 is 35.5 Å². The smallest absolute Gasteiger partial charge is 0.408 e. The van der Waals surface area contributed by atoms with Crippen LogP contribution in [-0.2, 0) is 23.9 Å². The standard InChI is InChI=1S/C17H27N5O7/c1-17(2,3)29-16(27)18-10(14(24)25)8-6-5-7-9-11(23)12-19-21-13(22-20-12)15(26)28-4/h10H,5-9H2,1-4H3,(H,18,27)(H,19,20)(H,21,22)(H,24,25). The van der Waals surface area contributed by atoms with Crippen LogP contribution >= 0.6 is 0 Å². The number of aliphatic carboxylic acids is 1. The van der Waals surface area contributed by atoms with E-state index in [2.05, 4.69) is 31.1 Å². The third kappa shape index (κ3) is 9.04. The molecule has 0 aromatic carbocycles. The first-order valence-electron chi connectivity index (χ1n) is 9.04. The molecule has 0 spiro atoms. The number of nitrogens with zero attached hydrogens (tertiary/aromatic N) is 2. The summed E-state index contributed by atoms with van der Waals surface area (Å²) >= 11 is 0. The molecule has 12 nitrogen and oxygen atoms in total. The van der Waals surface area contributed by atoms with E-state index in [1.54, 1.807) is 20.8 Å². The van der Waals surface area contributed by atoms with E-state index in [4.69, 9.17) is 4.74 Å². The Morgan fingerprint density at radius 2 is 1.69 bits per heavy atom. The second kappa shape index (κ2) is 11.0. The number of ketones is 1. The summed E-state index contributed by atoms with van der Waals surface area (Å²) < 4.78 is 9.51. The second-order valence-electron chi connectivity index (χ2n) is 7.20. The van der Waals surface area contributed by atoms with E-state index in [-0.39, 0.29) is 30.3 Å². The number of ether oxygens (including phenoxy) is 2. The topological polar surface area (TPSA) is 168 Å². The van der Waals surface area contributed by atoms with Crippen molar-refractivity contribution in [1.29, 1.82) is 0 Å². The van der Waals surface area contributed by atoms with Gasteiger partial charge in [-0.2, -0.15) is 5.10 Å². The lowest BCUT2D eigenvalue weighted by Gasteiger charge is -2.22. The van der Waals surface area contributed by atoms with E-state index in [0.29, 0.717) is 19.3 Å². The molecule has 0 radical (unpaired) electrons. The molecule has 29 heavy (non-hydrogen) atoms. The number of carboxylic acid groups (broad SMARTS) is 1. The van der Waals surface area contributed by atoms with Gasteiger partial charge in [0.1, 0.15) is 11.6 Å². The fourth-order valence-electron chi connectivity index (χ4n) is 2.22. The van der Waals surface area contributed by atoms with E-state index in [9.17, 15) is 24.3 Å². The Labute approximate surface area is 168 Å². The largest absolute Gasteiger partial charge is 0.480 e. The molecule has 1 amide bonds. The van der Waals surface area contributed by atoms with Crippen LogP contribution in [0.2, 0.25) is 0 Å². The maximum Gasteiger partial charge on any atom is 0.408 e. The van der Waals surface area contributed by atoms with Crippen LogP contribution in [0, 0.1) is 0 Å². The van der Waals surface area contributed by atoms with E-state index >= 15 is 0 Å². The molecule has 0 bridgehead atoms. The number of methoxy groups -OCH3 is 1. The Morgan fingerprint density at radius 3 is 2.21 bits per heavy atom. The van der Waals surface area contributed by atoms with Crippen LogP contribution in [0.3, 0.4) is 0 Å². The van der Waals surface area contributed by atoms with Gasteiger partial charge >= 0.3 is 18.0 Å². The summed E-state index contributed by atoms with van der Waals surface area (Å²) in [5.41, 5.74) is 3.99. The Kier molecular flexibility index (Phi) is 9.03. The molecule has 0 aliphatic carbocycles. The van der Waals surface area contributed by atoms with E-state index < -0.39 is 29.7 Å². The quantitative estimate of drug-likeness (QED) is 0.294. The Balaban J connectivity index is 2.32. The molecule has 1 atom stereocenters. The number of hydrogen-bond donors (Lipinski definition) is 4. The molecular formula is C17H27N5O7. The number of Topliss-reactive ketones (excluding diaryl/α,β-unsaturated/α-hetero) is 1. The first-order chi connectivity index (χ1) is 13.5. The highest BCUT2D eigenvalue weighted by Gasteiger charge is 2.24. The first kappa shape index (κ1) is 23.9. The van der Waals surface area contributed by atoms with Gasteiger partial charge in [0, 0.05) is 6.42 Å². The molecular weight excluding hydrogens is 386 g/mol. The monoisotopic (exact) mass is 413 g/mol. The Morgan fingerprint density at radius 1 is 1.07 bits per heavy atom. The van der Waals surface area contributed by atoms with Crippen molar-refractivity contribution in [3.05, 3.63) is 0 Å². The van der Waals surface area contributed by atoms with Crippen LogP contribution in [-0.4, -0.2) is 59.3 Å². The van der Waals surface area contributed by atoms with Crippen molar-refractivity contribution < 1.29 is 33.8 Å². The summed E-state index contributed by atoms with van der Waals surface area (Å²) in [6.07, 6.45) is 1.13. The molecule has 0 fully saturated rings. The van der Waals surface area contributed by atoms with Crippen LogP contribution in [0.1, 0.15) is 52.9 Å². The number of unbranched alkanes of at least 4 members (excludes halogenated alkanes) is 2. The minimum atomic E-state index is -1.15. The average molecular weight is 413 g/mol. The lowest BCUT2D eigenvalue weighted by atomic mass is 10.1. The molecule has 1 aliphatic heterocycles. The van der Waals surface area contributed by atoms with Crippen LogP contribution in [0.4, 0.5) is 4.79 Å². The highest BCUT2D eigenvalue weighted by molar-refractivity contribution is 6.41. The Hall–Kier alpha value is -3.18. The molecule has 1 heterocycles. The molecule has 1 aliphatic rings. The number of carbonyl (C=O) groups is 4. The lowest BCUT2D eigenvalue weighted by molar-refractivity contribution is -0.139. The van der Waals surface area contributed by atoms with E-state index in [1.807, 2.05) is 0 Å². The maximum atomic E-state index is 12.0. The van der Waals surface area contributed by atoms with E-state index in [1.165, 1.54) is 7.11 Å². The van der Waals surface area contributed by atoms with Gasteiger partial charge in [0.25, 0.3) is 5.84 Å². The van der Waals surface area contributed by atoms with Gasteiger partial charge in [0.05, 0.1) is 7.11 Å². The van der Waals surface area contributed by atoms with Gasteiger partial charge < -0.3 is 19.9 Å². The third-order valence-corrected chi connectivity index (χ3v) is 3.58. The zero-order chi connectivity index (χ0) is 22.0. The van der Waals surface area contributed by atoms with Gasteiger partial charge in [-0.1, -0.05) is 12.8 Å². The highest BCUT2D eigenvalue weighted by Crippen LogP contribution is 2.10. The maximum absolute atomic E-state index is 12.0. The first-order valence-corrected chi connectivity index (χ1v) is 9.04. The van der Waals surface area contributed by atoms with Crippen molar-refractivity contribution in [2.24, 2.45) is 10.2 Å². The molecule has 1 rings (SSSR count). The summed E-state index contributed by atoms with van der Waals surface area (Å²) in [6, 6.07) is -1.07. The molecule has 162 valence electrons. The van der Waals surface area contributed by atoms with Gasteiger partial charge in [-0.25, -0.2) is 14.4 Å². The minimum Gasteiger partial charge on any atom is -0.480 e. The summed E-state index contributed by atoms with van der Waals surface area (Å²) in [6.45, 7) is 5.05. The number of hydrogen-bond acceptors (Lipinski definition) is 10. The summed E-state index contributed by atoms with van der Waals surface area (Å²) in [7, 11) is 1.19. The van der Waals surface area contributed by atoms with Gasteiger partial charge in [0.2, 0.25) is 11.6 Å². The van der Waals surface area contributed by atoms with Crippen molar-refractivity contribution in [3.63, 3.8) is 0 Å². The predicted molar refractivity (Wildman–Crippen MR) is 102 cm³/mol. The average Bonchev–Trinajstić information content (AvgIpc) is 2.64. The molecule has 0 saturated carbocycles. The number of carbonyl (C=O) groups excluding carboxylic acids is 3. The summed E-state index contributed by atoms with van der Waals surface area (Å²) in [5.74, 6) is -2.39. The fraction of sp³-hybridized carbons (Fsp3) is 0.647. The zero-order valence-corrected chi connectivity index (χ0v) is 16.9. The predicted octanol–water partition coefficient (Wildman–Crippen LogP) is 0.477. The molecule has 0 aromatic rings. The number of hydrazone groups is 2. The van der Waals surface area contributed by atoms with Gasteiger partial charge in [-0.15, -0.1) is 5.10 Å². The number of carboxylic acids is 1. The molecule has 0 aromatic heterocycles. The number of amidine groups is 2. The van der Waals surface area contributed by atoms with Crippen molar-refractivity contribution in [1.82, 2.24) is 16.2 Å². The Bertz CT molecular complexity index is 697. The zero-order valence-electron chi connectivity index (χ0n) is 16.9. The third-order valence-electron chi connectivity index (χ3n) is 3.58. The molecule has 4 N–H and O–H groups in total. The minimum absolute atomic E-state index is 0.0346. The van der Waals surface area contributed by atoms with Crippen molar-refractivity contribution in [3.8, 4) is 0 Å². The number of nitrogens with one attached hydrogen (secondary N) is 3.